The van der Waals surface area contributed by atoms with Crippen molar-refractivity contribution in [2.45, 2.75) is 51.1 Å². The molecule has 1 saturated carbocycles. The van der Waals surface area contributed by atoms with Crippen molar-refractivity contribution < 1.29 is 0 Å². The van der Waals surface area contributed by atoms with Crippen molar-refractivity contribution in [2.75, 3.05) is 0 Å². The minimum Gasteiger partial charge on any atom is -0.370 e. The Morgan fingerprint density at radius 2 is 1.91 bits per heavy atom. The van der Waals surface area contributed by atoms with E-state index in [4.69, 9.17) is 5.73 Å². The Balaban J connectivity index is 0.00000176. The molecular formula is C17H25IN4. The molecule has 5 heteroatoms. The Morgan fingerprint density at radius 3 is 2.64 bits per heavy atom. The molecule has 0 aliphatic heterocycles. The number of hydrogen-bond acceptors (Lipinski definition) is 1. The van der Waals surface area contributed by atoms with Crippen LogP contribution >= 0.6 is 24.0 Å². The third-order valence-electron chi connectivity index (χ3n) is 4.21. The van der Waals surface area contributed by atoms with E-state index in [9.17, 15) is 0 Å². The fraction of sp³-hybridized carbons (Fsp3) is 0.471. The summed E-state index contributed by atoms with van der Waals surface area (Å²) in [7, 11) is 0. The number of aromatic nitrogens is 1. The van der Waals surface area contributed by atoms with Crippen molar-refractivity contribution in [1.82, 2.24) is 10.3 Å². The maximum Gasteiger partial charge on any atom is 0.189 e. The molecule has 0 saturated heterocycles. The molecule has 1 fully saturated rings. The minimum atomic E-state index is 0. The number of benzene rings is 1. The van der Waals surface area contributed by atoms with Crippen LogP contribution in [0, 0.1) is 0 Å². The van der Waals surface area contributed by atoms with Crippen molar-refractivity contribution in [2.24, 2.45) is 10.7 Å². The molecule has 4 nitrogen and oxygen atoms in total. The number of rotatable bonds is 3. The number of para-hydroxylation sites is 1. The second kappa shape index (κ2) is 8.41. The van der Waals surface area contributed by atoms with Crippen LogP contribution in [0.3, 0.4) is 0 Å². The number of nitrogens with two attached hydrogens (primary N) is 1. The first-order chi connectivity index (χ1) is 10.3. The standard InChI is InChI=1S/C17H24N4.HI/c18-17(21-14-8-3-1-2-4-9-14)19-12-15-11-13-7-5-6-10-16(13)20-15;/h5-7,10-11,14,20H,1-4,8-9,12H2,(H3,18,19,21);1H. The highest BCUT2D eigenvalue weighted by Gasteiger charge is 2.12. The summed E-state index contributed by atoms with van der Waals surface area (Å²) in [5.74, 6) is 0.570. The first kappa shape index (κ1) is 17.1. The lowest BCUT2D eigenvalue weighted by molar-refractivity contribution is 0.530. The summed E-state index contributed by atoms with van der Waals surface area (Å²) in [6, 6.07) is 10.9. The van der Waals surface area contributed by atoms with Gasteiger partial charge in [-0.25, -0.2) is 4.99 Å². The van der Waals surface area contributed by atoms with Gasteiger partial charge >= 0.3 is 0 Å². The molecule has 1 aromatic heterocycles. The molecule has 0 amide bonds. The second-order valence-electron chi connectivity index (χ2n) is 5.92. The molecule has 120 valence electrons. The molecule has 3 rings (SSSR count). The fourth-order valence-electron chi connectivity index (χ4n) is 3.07. The zero-order chi connectivity index (χ0) is 14.5. The van der Waals surface area contributed by atoms with E-state index in [1.54, 1.807) is 0 Å². The van der Waals surface area contributed by atoms with E-state index in [0.29, 0.717) is 18.5 Å². The summed E-state index contributed by atoms with van der Waals surface area (Å²) in [6.07, 6.45) is 7.72. The third-order valence-corrected chi connectivity index (χ3v) is 4.21. The fourth-order valence-corrected chi connectivity index (χ4v) is 3.07. The largest absolute Gasteiger partial charge is 0.370 e. The van der Waals surface area contributed by atoms with Gasteiger partial charge in [0.2, 0.25) is 0 Å². The van der Waals surface area contributed by atoms with E-state index in [0.717, 1.165) is 11.2 Å². The highest BCUT2D eigenvalue weighted by Crippen LogP contribution is 2.17. The van der Waals surface area contributed by atoms with Gasteiger partial charge in [0, 0.05) is 17.3 Å². The van der Waals surface area contributed by atoms with Gasteiger partial charge in [-0.15, -0.1) is 24.0 Å². The van der Waals surface area contributed by atoms with Crippen LogP contribution in [0.2, 0.25) is 0 Å². The van der Waals surface area contributed by atoms with Gasteiger partial charge < -0.3 is 16.0 Å². The van der Waals surface area contributed by atoms with Crippen LogP contribution in [0.4, 0.5) is 0 Å². The van der Waals surface area contributed by atoms with Gasteiger partial charge in [-0.3, -0.25) is 0 Å². The van der Waals surface area contributed by atoms with Gasteiger partial charge in [0.1, 0.15) is 0 Å². The summed E-state index contributed by atoms with van der Waals surface area (Å²) in [5, 5.41) is 4.60. The summed E-state index contributed by atoms with van der Waals surface area (Å²) < 4.78 is 0. The van der Waals surface area contributed by atoms with Crippen molar-refractivity contribution in [3.8, 4) is 0 Å². The van der Waals surface area contributed by atoms with Crippen LogP contribution in [0.15, 0.2) is 35.3 Å². The Hall–Kier alpha value is -1.24. The minimum absolute atomic E-state index is 0. The van der Waals surface area contributed by atoms with Gasteiger partial charge in [-0.05, 0) is 30.4 Å². The normalized spacial score (nSPS) is 17.0. The Labute approximate surface area is 149 Å². The van der Waals surface area contributed by atoms with E-state index in [2.05, 4.69) is 33.5 Å². The SMILES string of the molecule is I.NC(=NCc1cc2ccccc2[nH]1)NC1CCCCCC1. The zero-order valence-electron chi connectivity index (χ0n) is 12.8. The monoisotopic (exact) mass is 412 g/mol. The molecule has 22 heavy (non-hydrogen) atoms. The number of aromatic amines is 1. The first-order valence-electron chi connectivity index (χ1n) is 7.94. The van der Waals surface area contributed by atoms with E-state index < -0.39 is 0 Å². The van der Waals surface area contributed by atoms with Crippen LogP contribution in [0.1, 0.15) is 44.2 Å². The number of nitrogens with one attached hydrogen (secondary N) is 2. The summed E-state index contributed by atoms with van der Waals surface area (Å²) in [6.45, 7) is 0.597. The summed E-state index contributed by atoms with van der Waals surface area (Å²) in [5.41, 5.74) is 8.27. The van der Waals surface area contributed by atoms with Gasteiger partial charge in [0.15, 0.2) is 5.96 Å². The maximum atomic E-state index is 6.02. The molecule has 0 atom stereocenters. The average Bonchev–Trinajstić information content (AvgIpc) is 2.74. The highest BCUT2D eigenvalue weighted by atomic mass is 127. The van der Waals surface area contributed by atoms with Gasteiger partial charge in [0.05, 0.1) is 6.54 Å². The second-order valence-corrected chi connectivity index (χ2v) is 5.92. The number of fused-ring (bicyclic) bond motifs is 1. The molecular weight excluding hydrogens is 387 g/mol. The number of hydrogen-bond donors (Lipinski definition) is 3. The molecule has 2 aromatic rings. The predicted octanol–water partition coefficient (Wildman–Crippen LogP) is 3.91. The maximum absolute atomic E-state index is 6.02. The molecule has 0 bridgehead atoms. The van der Waals surface area contributed by atoms with E-state index in [1.807, 2.05) is 12.1 Å². The quantitative estimate of drug-likeness (QED) is 0.310. The van der Waals surface area contributed by atoms with Crippen LogP contribution in [0.25, 0.3) is 10.9 Å². The molecule has 1 aromatic carbocycles. The highest BCUT2D eigenvalue weighted by molar-refractivity contribution is 14.0. The molecule has 0 unspecified atom stereocenters. The van der Waals surface area contributed by atoms with Crippen molar-refractivity contribution in [3.63, 3.8) is 0 Å². The lowest BCUT2D eigenvalue weighted by Gasteiger charge is -2.16. The third kappa shape index (κ3) is 4.63. The molecule has 4 N–H and O–H groups in total. The van der Waals surface area contributed by atoms with E-state index in [1.165, 1.54) is 43.9 Å². The molecule has 1 aliphatic carbocycles. The number of H-pyrrole nitrogens is 1. The van der Waals surface area contributed by atoms with Crippen molar-refractivity contribution in [1.29, 1.82) is 0 Å². The Kier molecular flexibility index (Phi) is 6.54. The van der Waals surface area contributed by atoms with Crippen LogP contribution in [0.5, 0.6) is 0 Å². The number of aliphatic imine (C=N–C) groups is 1. The Morgan fingerprint density at radius 1 is 1.18 bits per heavy atom. The van der Waals surface area contributed by atoms with E-state index in [-0.39, 0.29) is 24.0 Å². The van der Waals surface area contributed by atoms with Gasteiger partial charge in [-0.1, -0.05) is 43.9 Å². The predicted molar refractivity (Wildman–Crippen MR) is 104 cm³/mol. The number of nitrogens with zero attached hydrogens (tertiary/aromatic N) is 1. The smallest absolute Gasteiger partial charge is 0.189 e. The lowest BCUT2D eigenvalue weighted by Crippen LogP contribution is -2.39. The van der Waals surface area contributed by atoms with Crippen LogP contribution in [-0.4, -0.2) is 17.0 Å². The van der Waals surface area contributed by atoms with Crippen molar-refractivity contribution in [3.05, 3.63) is 36.0 Å². The first-order valence-corrected chi connectivity index (χ1v) is 7.94. The topological polar surface area (TPSA) is 66.2 Å². The van der Waals surface area contributed by atoms with Gasteiger partial charge in [-0.2, -0.15) is 0 Å². The molecule has 1 aliphatic rings. The summed E-state index contributed by atoms with van der Waals surface area (Å²) in [4.78, 5) is 7.84. The van der Waals surface area contributed by atoms with Gasteiger partial charge in [0.25, 0.3) is 0 Å². The molecule has 0 spiro atoms. The number of guanidine groups is 1. The van der Waals surface area contributed by atoms with Crippen molar-refractivity contribution >= 4 is 40.8 Å². The van der Waals surface area contributed by atoms with E-state index >= 15 is 0 Å². The lowest BCUT2D eigenvalue weighted by atomic mass is 10.1. The average molecular weight is 412 g/mol. The zero-order valence-corrected chi connectivity index (χ0v) is 15.2. The number of halogens is 1. The Bertz CT molecular complexity index is 579. The van der Waals surface area contributed by atoms with Crippen LogP contribution in [-0.2, 0) is 6.54 Å². The van der Waals surface area contributed by atoms with Crippen LogP contribution < -0.4 is 11.1 Å². The molecule has 0 radical (unpaired) electrons. The molecule has 1 heterocycles. The summed E-state index contributed by atoms with van der Waals surface area (Å²) >= 11 is 0.